The Bertz CT molecular complexity index is 270. The van der Waals surface area contributed by atoms with E-state index in [0.29, 0.717) is 5.41 Å². The molecule has 0 radical (unpaired) electrons. The van der Waals surface area contributed by atoms with Gasteiger partial charge in [-0.3, -0.25) is 4.90 Å². The second-order valence-corrected chi connectivity index (χ2v) is 7.14. The molecule has 2 nitrogen and oxygen atoms in total. The first kappa shape index (κ1) is 12.9. The summed E-state index contributed by atoms with van der Waals surface area (Å²) in [5.41, 5.74) is 6.63. The van der Waals surface area contributed by atoms with Crippen LogP contribution in [0.3, 0.4) is 0 Å². The lowest BCUT2D eigenvalue weighted by Gasteiger charge is -2.42. The third kappa shape index (κ3) is 2.46. The zero-order chi connectivity index (χ0) is 12.4. The van der Waals surface area contributed by atoms with E-state index < -0.39 is 0 Å². The summed E-state index contributed by atoms with van der Waals surface area (Å²) in [5, 5.41) is 0. The highest BCUT2D eigenvalue weighted by atomic mass is 15.2. The Morgan fingerprint density at radius 3 is 2.50 bits per heavy atom. The molecule has 2 aliphatic carbocycles. The first-order valence-electron chi connectivity index (χ1n) is 8.27. The molecule has 0 spiro atoms. The molecule has 0 aromatic carbocycles. The minimum Gasteiger partial charge on any atom is -0.330 e. The van der Waals surface area contributed by atoms with Crippen molar-refractivity contribution < 1.29 is 0 Å². The van der Waals surface area contributed by atoms with Crippen molar-refractivity contribution in [1.82, 2.24) is 4.90 Å². The molecule has 2 unspecified atom stereocenters. The van der Waals surface area contributed by atoms with Crippen LogP contribution in [0.5, 0.6) is 0 Å². The summed E-state index contributed by atoms with van der Waals surface area (Å²) in [6, 6.07) is 0.920. The SMILES string of the molecule is NCC1(CN2CCC3CCCCC32)CCCCC1. The predicted molar refractivity (Wildman–Crippen MR) is 76.5 cm³/mol. The van der Waals surface area contributed by atoms with E-state index in [0.717, 1.165) is 18.5 Å². The fourth-order valence-corrected chi connectivity index (χ4v) is 4.86. The second kappa shape index (κ2) is 5.50. The van der Waals surface area contributed by atoms with E-state index in [1.807, 2.05) is 0 Å². The van der Waals surface area contributed by atoms with Crippen LogP contribution >= 0.6 is 0 Å². The number of nitrogens with zero attached hydrogens (tertiary/aromatic N) is 1. The summed E-state index contributed by atoms with van der Waals surface area (Å²) in [5.74, 6) is 1.03. The molecule has 0 bridgehead atoms. The molecule has 3 aliphatic rings. The van der Waals surface area contributed by atoms with Crippen molar-refractivity contribution in [2.24, 2.45) is 17.1 Å². The lowest BCUT2D eigenvalue weighted by Crippen LogP contribution is -2.46. The molecule has 0 amide bonds. The number of hydrogen-bond donors (Lipinski definition) is 1. The van der Waals surface area contributed by atoms with Crippen molar-refractivity contribution in [1.29, 1.82) is 0 Å². The number of fused-ring (bicyclic) bond motifs is 1. The summed E-state index contributed by atoms with van der Waals surface area (Å²) in [4.78, 5) is 2.84. The number of likely N-dealkylation sites (tertiary alicyclic amines) is 1. The van der Waals surface area contributed by atoms with Gasteiger partial charge in [0.15, 0.2) is 0 Å². The largest absolute Gasteiger partial charge is 0.330 e. The van der Waals surface area contributed by atoms with Gasteiger partial charge in [-0.05, 0) is 56.5 Å². The highest BCUT2D eigenvalue weighted by Crippen LogP contribution is 2.41. The Balaban J connectivity index is 1.64. The van der Waals surface area contributed by atoms with Crippen molar-refractivity contribution >= 4 is 0 Å². The maximum atomic E-state index is 6.16. The Morgan fingerprint density at radius 2 is 1.72 bits per heavy atom. The molecule has 0 aromatic rings. The standard InChI is InChI=1S/C16H30N2/c17-12-16(9-4-1-5-10-16)13-18-11-8-14-6-2-3-7-15(14)18/h14-15H,1-13,17H2. The van der Waals surface area contributed by atoms with Crippen LogP contribution in [-0.2, 0) is 0 Å². The van der Waals surface area contributed by atoms with Crippen LogP contribution in [0.15, 0.2) is 0 Å². The minimum atomic E-state index is 0.477. The van der Waals surface area contributed by atoms with Gasteiger partial charge in [-0.1, -0.05) is 32.1 Å². The third-order valence-corrected chi connectivity index (χ3v) is 6.01. The van der Waals surface area contributed by atoms with Crippen molar-refractivity contribution in [3.05, 3.63) is 0 Å². The van der Waals surface area contributed by atoms with Crippen LogP contribution in [0.1, 0.15) is 64.2 Å². The van der Waals surface area contributed by atoms with Crippen LogP contribution in [-0.4, -0.2) is 30.6 Å². The zero-order valence-corrected chi connectivity index (χ0v) is 11.9. The van der Waals surface area contributed by atoms with Gasteiger partial charge in [-0.15, -0.1) is 0 Å². The maximum absolute atomic E-state index is 6.16. The molecule has 1 heterocycles. The van der Waals surface area contributed by atoms with Gasteiger partial charge in [0.1, 0.15) is 0 Å². The van der Waals surface area contributed by atoms with Crippen LogP contribution in [0.4, 0.5) is 0 Å². The number of nitrogens with two attached hydrogens (primary N) is 1. The van der Waals surface area contributed by atoms with Crippen LogP contribution in [0, 0.1) is 11.3 Å². The van der Waals surface area contributed by atoms with Gasteiger partial charge in [-0.25, -0.2) is 0 Å². The molecule has 0 aromatic heterocycles. The molecule has 2 atom stereocenters. The minimum absolute atomic E-state index is 0.477. The lowest BCUT2D eigenvalue weighted by atomic mass is 9.73. The van der Waals surface area contributed by atoms with Crippen molar-refractivity contribution in [2.45, 2.75) is 70.3 Å². The highest BCUT2D eigenvalue weighted by molar-refractivity contribution is 4.94. The topological polar surface area (TPSA) is 29.3 Å². The van der Waals surface area contributed by atoms with Crippen molar-refractivity contribution in [3.63, 3.8) is 0 Å². The van der Waals surface area contributed by atoms with Gasteiger partial charge in [0.2, 0.25) is 0 Å². The monoisotopic (exact) mass is 250 g/mol. The lowest BCUT2D eigenvalue weighted by molar-refractivity contribution is 0.0844. The Labute approximate surface area is 112 Å². The highest BCUT2D eigenvalue weighted by Gasteiger charge is 2.40. The Hall–Kier alpha value is -0.0800. The molecule has 2 saturated carbocycles. The average Bonchev–Trinajstić information content (AvgIpc) is 2.83. The fraction of sp³-hybridized carbons (Fsp3) is 1.00. The normalized spacial score (nSPS) is 36.5. The molecular weight excluding hydrogens is 220 g/mol. The van der Waals surface area contributed by atoms with E-state index in [2.05, 4.69) is 4.90 Å². The van der Waals surface area contributed by atoms with Crippen molar-refractivity contribution in [2.75, 3.05) is 19.6 Å². The van der Waals surface area contributed by atoms with Gasteiger partial charge < -0.3 is 5.73 Å². The molecule has 1 saturated heterocycles. The molecular formula is C16H30N2. The molecule has 2 heteroatoms. The van der Waals surface area contributed by atoms with Gasteiger partial charge in [0, 0.05) is 12.6 Å². The van der Waals surface area contributed by atoms with Gasteiger partial charge >= 0.3 is 0 Å². The second-order valence-electron chi connectivity index (χ2n) is 7.14. The van der Waals surface area contributed by atoms with Crippen LogP contribution in [0.2, 0.25) is 0 Å². The van der Waals surface area contributed by atoms with E-state index in [1.165, 1.54) is 77.3 Å². The molecule has 2 N–H and O–H groups in total. The smallest absolute Gasteiger partial charge is 0.0124 e. The van der Waals surface area contributed by atoms with E-state index in [9.17, 15) is 0 Å². The summed E-state index contributed by atoms with van der Waals surface area (Å²) in [6.07, 6.45) is 14.4. The first-order valence-corrected chi connectivity index (χ1v) is 8.27. The third-order valence-electron chi connectivity index (χ3n) is 6.01. The fourth-order valence-electron chi connectivity index (χ4n) is 4.86. The van der Waals surface area contributed by atoms with Crippen LogP contribution < -0.4 is 5.73 Å². The quantitative estimate of drug-likeness (QED) is 0.833. The van der Waals surface area contributed by atoms with Gasteiger partial charge in [0.25, 0.3) is 0 Å². The summed E-state index contributed by atoms with van der Waals surface area (Å²) in [6.45, 7) is 3.59. The summed E-state index contributed by atoms with van der Waals surface area (Å²) >= 11 is 0. The van der Waals surface area contributed by atoms with Crippen LogP contribution in [0.25, 0.3) is 0 Å². The van der Waals surface area contributed by atoms with E-state index >= 15 is 0 Å². The molecule has 1 aliphatic heterocycles. The van der Waals surface area contributed by atoms with Gasteiger partial charge in [0.05, 0.1) is 0 Å². The van der Waals surface area contributed by atoms with E-state index in [-0.39, 0.29) is 0 Å². The average molecular weight is 250 g/mol. The summed E-state index contributed by atoms with van der Waals surface area (Å²) < 4.78 is 0. The van der Waals surface area contributed by atoms with E-state index in [1.54, 1.807) is 0 Å². The Kier molecular flexibility index (Phi) is 3.95. The zero-order valence-electron chi connectivity index (χ0n) is 11.9. The molecule has 3 rings (SSSR count). The first-order chi connectivity index (χ1) is 8.83. The van der Waals surface area contributed by atoms with Crippen molar-refractivity contribution in [3.8, 4) is 0 Å². The Morgan fingerprint density at radius 1 is 0.944 bits per heavy atom. The molecule has 104 valence electrons. The van der Waals surface area contributed by atoms with E-state index in [4.69, 9.17) is 5.73 Å². The van der Waals surface area contributed by atoms with Gasteiger partial charge in [-0.2, -0.15) is 0 Å². The predicted octanol–water partition coefficient (Wildman–Crippen LogP) is 3.16. The number of rotatable bonds is 3. The maximum Gasteiger partial charge on any atom is 0.0124 e. The molecule has 3 fully saturated rings. The number of hydrogen-bond acceptors (Lipinski definition) is 2. The summed E-state index contributed by atoms with van der Waals surface area (Å²) in [7, 11) is 0. The molecule has 18 heavy (non-hydrogen) atoms.